The number of sulfonamides is 1. The summed E-state index contributed by atoms with van der Waals surface area (Å²) in [5, 5.41) is 11.8. The molecule has 0 radical (unpaired) electrons. The lowest BCUT2D eigenvalue weighted by atomic mass is 10.1. The molecular weight excluding hydrogens is 256 g/mol. The number of aliphatic carboxylic acids is 1. The van der Waals surface area contributed by atoms with Crippen molar-refractivity contribution in [3.8, 4) is 0 Å². The van der Waals surface area contributed by atoms with Crippen molar-refractivity contribution < 1.29 is 18.3 Å². The van der Waals surface area contributed by atoms with Gasteiger partial charge in [-0.05, 0) is 45.2 Å². The minimum absolute atomic E-state index is 0.128. The summed E-state index contributed by atoms with van der Waals surface area (Å²) in [6.07, 6.45) is 0. The molecule has 0 atom stereocenters. The number of benzene rings is 1. The van der Waals surface area contributed by atoms with E-state index in [0.717, 1.165) is 0 Å². The van der Waals surface area contributed by atoms with E-state index in [-0.39, 0.29) is 4.90 Å². The van der Waals surface area contributed by atoms with E-state index in [0.29, 0.717) is 5.69 Å². The molecule has 1 aromatic rings. The summed E-state index contributed by atoms with van der Waals surface area (Å²) in [5.41, 5.74) is -0.582. The Hall–Kier alpha value is -1.60. The van der Waals surface area contributed by atoms with Gasteiger partial charge in [0.15, 0.2) is 0 Å². The first kappa shape index (κ1) is 14.5. The third kappa shape index (κ3) is 3.21. The normalized spacial score (nSPS) is 12.2. The summed E-state index contributed by atoms with van der Waals surface area (Å²) in [6.45, 7) is 3.04. The highest BCUT2D eigenvalue weighted by Gasteiger charge is 2.26. The molecule has 0 saturated heterocycles. The summed E-state index contributed by atoms with van der Waals surface area (Å²) >= 11 is 0. The molecule has 3 N–H and O–H groups in total. The molecule has 0 spiro atoms. The van der Waals surface area contributed by atoms with E-state index in [4.69, 9.17) is 5.11 Å². The van der Waals surface area contributed by atoms with Crippen LogP contribution in [0.3, 0.4) is 0 Å². The maximum atomic E-state index is 11.5. The van der Waals surface area contributed by atoms with Crippen LogP contribution in [0.25, 0.3) is 0 Å². The summed E-state index contributed by atoms with van der Waals surface area (Å²) in [7, 11) is -2.14. The molecule has 0 fully saturated rings. The van der Waals surface area contributed by atoms with Crippen molar-refractivity contribution in [2.24, 2.45) is 0 Å². The molecule has 18 heavy (non-hydrogen) atoms. The lowest BCUT2D eigenvalue weighted by Gasteiger charge is -2.22. The van der Waals surface area contributed by atoms with Crippen molar-refractivity contribution in [3.63, 3.8) is 0 Å². The molecular formula is C11H16N2O4S. The first-order chi connectivity index (χ1) is 8.19. The van der Waals surface area contributed by atoms with Crippen molar-refractivity contribution in [2.75, 3.05) is 12.4 Å². The van der Waals surface area contributed by atoms with Gasteiger partial charge in [-0.2, -0.15) is 0 Å². The first-order valence-electron chi connectivity index (χ1n) is 5.24. The number of nitrogens with one attached hydrogen (secondary N) is 2. The molecule has 6 nitrogen and oxygen atoms in total. The van der Waals surface area contributed by atoms with Crippen LogP contribution in [0.5, 0.6) is 0 Å². The summed E-state index contributed by atoms with van der Waals surface area (Å²) in [6, 6.07) is 5.86. The Morgan fingerprint density at radius 2 is 1.72 bits per heavy atom. The molecule has 100 valence electrons. The van der Waals surface area contributed by atoms with E-state index >= 15 is 0 Å². The number of hydrogen-bond acceptors (Lipinski definition) is 4. The largest absolute Gasteiger partial charge is 0.480 e. The molecule has 0 bridgehead atoms. The van der Waals surface area contributed by atoms with Crippen LogP contribution in [-0.2, 0) is 14.8 Å². The molecule has 0 aromatic heterocycles. The fraction of sp³-hybridized carbons (Fsp3) is 0.364. The zero-order valence-electron chi connectivity index (χ0n) is 10.4. The number of anilines is 1. The zero-order chi connectivity index (χ0) is 14.0. The van der Waals surface area contributed by atoms with Crippen molar-refractivity contribution >= 4 is 21.7 Å². The van der Waals surface area contributed by atoms with E-state index in [1.807, 2.05) is 0 Å². The van der Waals surface area contributed by atoms with E-state index in [1.54, 1.807) is 0 Å². The molecule has 0 aliphatic carbocycles. The summed E-state index contributed by atoms with van der Waals surface area (Å²) in [4.78, 5) is 11.1. The van der Waals surface area contributed by atoms with Crippen molar-refractivity contribution in [3.05, 3.63) is 24.3 Å². The van der Waals surface area contributed by atoms with Gasteiger partial charge in [-0.15, -0.1) is 0 Å². The van der Waals surface area contributed by atoms with Crippen LogP contribution >= 0.6 is 0 Å². The van der Waals surface area contributed by atoms with Crippen LogP contribution in [0.15, 0.2) is 29.2 Å². The molecule has 1 aromatic carbocycles. The van der Waals surface area contributed by atoms with E-state index in [1.165, 1.54) is 45.2 Å². The first-order valence-corrected chi connectivity index (χ1v) is 6.72. The second-order valence-corrected chi connectivity index (χ2v) is 6.17. The minimum atomic E-state index is -3.47. The molecule has 0 heterocycles. The Labute approximate surface area is 106 Å². The third-order valence-corrected chi connectivity index (χ3v) is 3.86. The number of carboxylic acids is 1. The highest BCUT2D eigenvalue weighted by Crippen LogP contribution is 2.18. The van der Waals surface area contributed by atoms with Crippen LogP contribution < -0.4 is 10.0 Å². The number of carbonyl (C=O) groups is 1. The van der Waals surface area contributed by atoms with Gasteiger partial charge >= 0.3 is 5.97 Å². The molecule has 0 aliphatic rings. The number of hydrogen-bond donors (Lipinski definition) is 3. The van der Waals surface area contributed by atoms with Crippen LogP contribution in [-0.4, -0.2) is 32.1 Å². The van der Waals surface area contributed by atoms with Crippen molar-refractivity contribution in [2.45, 2.75) is 24.3 Å². The second-order valence-electron chi connectivity index (χ2n) is 4.29. The Morgan fingerprint density at radius 3 is 2.11 bits per heavy atom. The molecule has 1 rings (SSSR count). The van der Waals surface area contributed by atoms with Gasteiger partial charge in [0.25, 0.3) is 0 Å². The van der Waals surface area contributed by atoms with E-state index < -0.39 is 21.5 Å². The molecule has 0 amide bonds. The van der Waals surface area contributed by atoms with Crippen LogP contribution in [0, 0.1) is 0 Å². The fourth-order valence-corrected chi connectivity index (χ4v) is 1.98. The van der Waals surface area contributed by atoms with Crippen molar-refractivity contribution in [1.82, 2.24) is 4.72 Å². The summed E-state index contributed by atoms with van der Waals surface area (Å²) in [5.74, 6) is -0.991. The third-order valence-electron chi connectivity index (χ3n) is 2.42. The van der Waals surface area contributed by atoms with Gasteiger partial charge in [0.2, 0.25) is 10.0 Å². The monoisotopic (exact) mass is 272 g/mol. The SMILES string of the molecule is CNS(=O)(=O)c1ccc(NC(C)(C)C(=O)O)cc1. The lowest BCUT2D eigenvalue weighted by Crippen LogP contribution is -2.39. The average molecular weight is 272 g/mol. The molecule has 0 unspecified atom stereocenters. The zero-order valence-corrected chi connectivity index (χ0v) is 11.2. The topological polar surface area (TPSA) is 95.5 Å². The predicted octanol–water partition coefficient (Wildman–Crippen LogP) is 0.870. The Balaban J connectivity index is 2.95. The summed E-state index contributed by atoms with van der Waals surface area (Å²) < 4.78 is 25.2. The highest BCUT2D eigenvalue weighted by molar-refractivity contribution is 7.89. The van der Waals surface area contributed by atoms with Gasteiger partial charge in [0.1, 0.15) is 5.54 Å². The lowest BCUT2D eigenvalue weighted by molar-refractivity contribution is -0.141. The maximum Gasteiger partial charge on any atom is 0.328 e. The quantitative estimate of drug-likeness (QED) is 0.739. The maximum absolute atomic E-state index is 11.5. The van der Waals surface area contributed by atoms with Crippen LogP contribution in [0.4, 0.5) is 5.69 Å². The predicted molar refractivity (Wildman–Crippen MR) is 68.0 cm³/mol. The molecule has 7 heteroatoms. The van der Waals surface area contributed by atoms with Gasteiger partial charge in [0.05, 0.1) is 4.90 Å². The molecule has 0 aliphatic heterocycles. The van der Waals surface area contributed by atoms with Crippen LogP contribution in [0.2, 0.25) is 0 Å². The standard InChI is InChI=1S/C11H16N2O4S/c1-11(2,10(14)15)13-8-4-6-9(7-5-8)18(16,17)12-3/h4-7,12-13H,1-3H3,(H,14,15). The molecule has 0 saturated carbocycles. The Bertz CT molecular complexity index is 535. The van der Waals surface area contributed by atoms with Gasteiger partial charge < -0.3 is 10.4 Å². The fourth-order valence-electron chi connectivity index (χ4n) is 1.25. The second kappa shape index (κ2) is 4.95. The Kier molecular flexibility index (Phi) is 3.98. The van der Waals surface area contributed by atoms with Crippen LogP contribution in [0.1, 0.15) is 13.8 Å². The number of rotatable bonds is 5. The minimum Gasteiger partial charge on any atom is -0.480 e. The number of carboxylic acid groups (broad SMARTS) is 1. The van der Waals surface area contributed by atoms with E-state index in [2.05, 4.69) is 10.0 Å². The van der Waals surface area contributed by atoms with Crippen molar-refractivity contribution in [1.29, 1.82) is 0 Å². The smallest absolute Gasteiger partial charge is 0.328 e. The van der Waals surface area contributed by atoms with E-state index in [9.17, 15) is 13.2 Å². The van der Waals surface area contributed by atoms with Gasteiger partial charge in [-0.1, -0.05) is 0 Å². The van der Waals surface area contributed by atoms with Gasteiger partial charge in [0, 0.05) is 5.69 Å². The van der Waals surface area contributed by atoms with Gasteiger partial charge in [-0.25, -0.2) is 17.9 Å². The Morgan fingerprint density at radius 1 is 1.22 bits per heavy atom. The van der Waals surface area contributed by atoms with Gasteiger partial charge in [-0.3, -0.25) is 0 Å². The highest BCUT2D eigenvalue weighted by atomic mass is 32.2. The average Bonchev–Trinajstić information content (AvgIpc) is 2.29.